The van der Waals surface area contributed by atoms with Crippen LogP contribution in [0.1, 0.15) is 0 Å². The van der Waals surface area contributed by atoms with Gasteiger partial charge in [0.15, 0.2) is 0 Å². The van der Waals surface area contributed by atoms with Crippen LogP contribution < -0.4 is 0 Å². The van der Waals surface area contributed by atoms with Gasteiger partial charge in [0.2, 0.25) is 0 Å². The van der Waals surface area contributed by atoms with Crippen molar-refractivity contribution in [1.29, 1.82) is 0 Å². The van der Waals surface area contributed by atoms with Gasteiger partial charge in [0.25, 0.3) is 0 Å². The van der Waals surface area contributed by atoms with E-state index in [-0.39, 0.29) is 0 Å². The number of benzene rings is 3. The van der Waals surface area contributed by atoms with Crippen LogP contribution in [0.2, 0.25) is 0 Å². The standard InChI is InChI=1S/C18H11S/c1-2-6-13(7-3-1)14-10-11-16-15-8-4-5-9-17(15)19-18(16)12-14/h1-3,5-12H. The van der Waals surface area contributed by atoms with Crippen molar-refractivity contribution in [3.05, 3.63) is 72.8 Å². The first-order chi connectivity index (χ1) is 9.42. The maximum absolute atomic E-state index is 3.17. The molecule has 1 heteroatoms. The predicted molar refractivity (Wildman–Crippen MR) is 83.6 cm³/mol. The summed E-state index contributed by atoms with van der Waals surface area (Å²) in [6.07, 6.45) is 0. The lowest BCUT2D eigenvalue weighted by Crippen LogP contribution is -1.75. The number of hydrogen-bond acceptors (Lipinski definition) is 1. The predicted octanol–water partition coefficient (Wildman–Crippen LogP) is 5.52. The van der Waals surface area contributed by atoms with E-state index in [1.807, 2.05) is 17.4 Å². The minimum atomic E-state index is 1.27. The Morgan fingerprint density at radius 1 is 0.737 bits per heavy atom. The van der Waals surface area contributed by atoms with Crippen LogP contribution in [0.15, 0.2) is 66.7 Å². The van der Waals surface area contributed by atoms with Crippen molar-refractivity contribution in [1.82, 2.24) is 0 Å². The average molecular weight is 259 g/mol. The molecule has 0 bridgehead atoms. The average Bonchev–Trinajstić information content (AvgIpc) is 2.86. The molecule has 0 nitrogen and oxygen atoms in total. The van der Waals surface area contributed by atoms with Crippen molar-refractivity contribution < 1.29 is 0 Å². The fourth-order valence-electron chi connectivity index (χ4n) is 2.47. The summed E-state index contributed by atoms with van der Waals surface area (Å²) in [6, 6.07) is 26.6. The summed E-state index contributed by atoms with van der Waals surface area (Å²) in [5.74, 6) is 0. The Balaban J connectivity index is 1.99. The van der Waals surface area contributed by atoms with Crippen LogP contribution in [-0.4, -0.2) is 0 Å². The fraction of sp³-hybridized carbons (Fsp3) is 0. The highest BCUT2D eigenvalue weighted by molar-refractivity contribution is 7.25. The third kappa shape index (κ3) is 1.74. The van der Waals surface area contributed by atoms with Crippen LogP contribution in [0.4, 0.5) is 0 Å². The Morgan fingerprint density at radius 2 is 1.63 bits per heavy atom. The van der Waals surface area contributed by atoms with Gasteiger partial charge in [0.1, 0.15) is 0 Å². The van der Waals surface area contributed by atoms with E-state index in [1.165, 1.54) is 31.3 Å². The molecule has 4 rings (SSSR count). The van der Waals surface area contributed by atoms with E-state index in [9.17, 15) is 0 Å². The van der Waals surface area contributed by atoms with E-state index in [0.717, 1.165) is 0 Å². The number of hydrogen-bond donors (Lipinski definition) is 0. The second kappa shape index (κ2) is 4.22. The molecule has 0 saturated heterocycles. The van der Waals surface area contributed by atoms with Gasteiger partial charge in [0.05, 0.1) is 0 Å². The number of fused-ring (bicyclic) bond motifs is 3. The highest BCUT2D eigenvalue weighted by Crippen LogP contribution is 2.35. The molecule has 1 radical (unpaired) electrons. The molecule has 4 aromatic rings. The first kappa shape index (κ1) is 10.8. The Bertz CT molecular complexity index is 857. The summed E-state index contributed by atoms with van der Waals surface area (Å²) in [7, 11) is 0. The van der Waals surface area contributed by atoms with E-state index < -0.39 is 0 Å². The van der Waals surface area contributed by atoms with Gasteiger partial charge in [-0.15, -0.1) is 11.3 Å². The Kier molecular flexibility index (Phi) is 2.39. The van der Waals surface area contributed by atoms with E-state index in [1.54, 1.807) is 0 Å². The maximum Gasteiger partial charge on any atom is 0.0361 e. The van der Waals surface area contributed by atoms with Gasteiger partial charge in [0, 0.05) is 20.2 Å². The van der Waals surface area contributed by atoms with Gasteiger partial charge in [-0.2, -0.15) is 0 Å². The second-order valence-electron chi connectivity index (χ2n) is 4.60. The largest absolute Gasteiger partial charge is 0.135 e. The molecule has 0 spiro atoms. The van der Waals surface area contributed by atoms with Crippen LogP contribution >= 0.6 is 11.3 Å². The zero-order chi connectivity index (χ0) is 12.7. The molecule has 0 aliphatic heterocycles. The second-order valence-corrected chi connectivity index (χ2v) is 5.69. The van der Waals surface area contributed by atoms with Crippen molar-refractivity contribution in [2.75, 3.05) is 0 Å². The van der Waals surface area contributed by atoms with Crippen LogP contribution in [-0.2, 0) is 0 Å². The third-order valence-corrected chi connectivity index (χ3v) is 4.56. The van der Waals surface area contributed by atoms with E-state index in [2.05, 4.69) is 66.7 Å². The van der Waals surface area contributed by atoms with Crippen molar-refractivity contribution >= 4 is 31.5 Å². The molecule has 0 aliphatic rings. The summed E-state index contributed by atoms with van der Waals surface area (Å²) < 4.78 is 2.68. The Morgan fingerprint density at radius 3 is 2.53 bits per heavy atom. The lowest BCUT2D eigenvalue weighted by atomic mass is 10.0. The van der Waals surface area contributed by atoms with Gasteiger partial charge in [-0.1, -0.05) is 48.5 Å². The molecule has 3 aromatic carbocycles. The summed E-state index contributed by atoms with van der Waals surface area (Å²) in [5, 5.41) is 2.64. The summed E-state index contributed by atoms with van der Waals surface area (Å²) in [4.78, 5) is 0. The lowest BCUT2D eigenvalue weighted by Gasteiger charge is -2.01. The summed E-state index contributed by atoms with van der Waals surface area (Å²) >= 11 is 1.85. The number of thiophene rings is 1. The van der Waals surface area contributed by atoms with Crippen molar-refractivity contribution in [2.24, 2.45) is 0 Å². The molecule has 0 amide bonds. The van der Waals surface area contributed by atoms with Crippen molar-refractivity contribution in [3.63, 3.8) is 0 Å². The molecule has 0 N–H and O–H groups in total. The smallest absolute Gasteiger partial charge is 0.0361 e. The Labute approximate surface area is 115 Å². The SMILES string of the molecule is [c]1ccc2sc3cc(-c4ccccc4)ccc3c2c1. The van der Waals surface area contributed by atoms with E-state index >= 15 is 0 Å². The maximum atomic E-state index is 3.17. The Hall–Kier alpha value is -2.12. The minimum absolute atomic E-state index is 1.27. The van der Waals surface area contributed by atoms with Gasteiger partial charge in [-0.3, -0.25) is 0 Å². The van der Waals surface area contributed by atoms with Gasteiger partial charge in [-0.05, 0) is 35.4 Å². The van der Waals surface area contributed by atoms with Gasteiger partial charge < -0.3 is 0 Å². The van der Waals surface area contributed by atoms with Crippen molar-refractivity contribution in [2.45, 2.75) is 0 Å². The first-order valence-electron chi connectivity index (χ1n) is 6.29. The lowest BCUT2D eigenvalue weighted by molar-refractivity contribution is 1.66. The number of rotatable bonds is 1. The normalized spacial score (nSPS) is 11.2. The molecular weight excluding hydrogens is 248 g/mol. The molecular formula is C18H11S. The van der Waals surface area contributed by atoms with Crippen molar-refractivity contribution in [3.8, 4) is 11.1 Å². The molecule has 89 valence electrons. The molecule has 1 aromatic heterocycles. The van der Waals surface area contributed by atoms with Crippen LogP contribution in [0.3, 0.4) is 0 Å². The molecule has 0 saturated carbocycles. The third-order valence-electron chi connectivity index (χ3n) is 3.42. The topological polar surface area (TPSA) is 0 Å². The summed E-state index contributed by atoms with van der Waals surface area (Å²) in [6.45, 7) is 0. The minimum Gasteiger partial charge on any atom is -0.135 e. The fourth-order valence-corrected chi connectivity index (χ4v) is 3.60. The molecule has 0 unspecified atom stereocenters. The van der Waals surface area contributed by atoms with E-state index in [0.29, 0.717) is 0 Å². The molecule has 0 atom stereocenters. The zero-order valence-corrected chi connectivity index (χ0v) is 11.1. The van der Waals surface area contributed by atoms with Gasteiger partial charge in [-0.25, -0.2) is 0 Å². The first-order valence-corrected chi connectivity index (χ1v) is 7.11. The van der Waals surface area contributed by atoms with Crippen LogP contribution in [0.5, 0.6) is 0 Å². The van der Waals surface area contributed by atoms with Crippen LogP contribution in [0.25, 0.3) is 31.3 Å². The molecule has 0 fully saturated rings. The molecule has 1 heterocycles. The summed E-state index contributed by atoms with van der Waals surface area (Å²) in [5.41, 5.74) is 2.55. The highest BCUT2D eigenvalue weighted by atomic mass is 32.1. The monoisotopic (exact) mass is 259 g/mol. The highest BCUT2D eigenvalue weighted by Gasteiger charge is 2.05. The van der Waals surface area contributed by atoms with Crippen LogP contribution in [0, 0.1) is 6.07 Å². The quantitative estimate of drug-likeness (QED) is 0.422. The zero-order valence-electron chi connectivity index (χ0n) is 10.3. The molecule has 19 heavy (non-hydrogen) atoms. The van der Waals surface area contributed by atoms with Gasteiger partial charge >= 0.3 is 0 Å². The molecule has 0 aliphatic carbocycles. The van der Waals surface area contributed by atoms with E-state index in [4.69, 9.17) is 0 Å².